The molecule has 0 saturated carbocycles. The van der Waals surface area contributed by atoms with Crippen molar-refractivity contribution in [2.24, 2.45) is 5.41 Å². The molecule has 0 aliphatic carbocycles. The normalized spacial score (nSPS) is 18.2. The number of carboxylic acids is 1. The number of hydrogen-bond donors (Lipinski definition) is 1. The molecule has 1 aromatic rings. The molecule has 0 atom stereocenters. The van der Waals surface area contributed by atoms with Crippen LogP contribution in [0.1, 0.15) is 15.2 Å². The average molecular weight is 226 g/mol. The van der Waals surface area contributed by atoms with E-state index in [4.69, 9.17) is 9.84 Å². The summed E-state index contributed by atoms with van der Waals surface area (Å²) in [5, 5.41) is 10.8. The van der Waals surface area contributed by atoms with Crippen molar-refractivity contribution in [1.82, 2.24) is 0 Å². The standard InChI is InChI=1S/C10H10O4S/c1-6-2-3-15-7(6)8(11)10(9(12)13)4-14-5-10/h2-3H,4-5H2,1H3,(H,12,13). The van der Waals surface area contributed by atoms with E-state index in [0.717, 1.165) is 5.56 Å². The summed E-state index contributed by atoms with van der Waals surface area (Å²) in [6.07, 6.45) is 0. The summed E-state index contributed by atoms with van der Waals surface area (Å²) in [6, 6.07) is 1.81. The van der Waals surface area contributed by atoms with Gasteiger partial charge < -0.3 is 9.84 Å². The van der Waals surface area contributed by atoms with E-state index in [1.807, 2.05) is 6.07 Å². The number of carbonyl (C=O) groups is 2. The van der Waals surface area contributed by atoms with Gasteiger partial charge in [0.1, 0.15) is 0 Å². The van der Waals surface area contributed by atoms with Crippen molar-refractivity contribution in [2.45, 2.75) is 6.92 Å². The summed E-state index contributed by atoms with van der Waals surface area (Å²) >= 11 is 1.28. The van der Waals surface area contributed by atoms with E-state index in [2.05, 4.69) is 0 Å². The highest BCUT2D eigenvalue weighted by molar-refractivity contribution is 7.12. The number of aliphatic carboxylic acids is 1. The molecule has 0 unspecified atom stereocenters. The number of carbonyl (C=O) groups excluding carboxylic acids is 1. The third-order valence-corrected chi connectivity index (χ3v) is 3.62. The number of hydrogen-bond acceptors (Lipinski definition) is 4. The molecule has 1 aliphatic heterocycles. The Bertz CT molecular complexity index is 417. The Morgan fingerprint density at radius 1 is 1.53 bits per heavy atom. The van der Waals surface area contributed by atoms with Gasteiger partial charge in [0.05, 0.1) is 18.1 Å². The second-order valence-electron chi connectivity index (χ2n) is 3.64. The molecule has 1 aliphatic rings. The van der Waals surface area contributed by atoms with Gasteiger partial charge in [-0.15, -0.1) is 11.3 Å². The summed E-state index contributed by atoms with van der Waals surface area (Å²) < 4.78 is 4.86. The van der Waals surface area contributed by atoms with Gasteiger partial charge in [0, 0.05) is 0 Å². The van der Waals surface area contributed by atoms with Crippen LogP contribution in [0.5, 0.6) is 0 Å². The Hall–Kier alpha value is -1.20. The van der Waals surface area contributed by atoms with Gasteiger partial charge in [-0.05, 0) is 23.9 Å². The fourth-order valence-electron chi connectivity index (χ4n) is 1.48. The SMILES string of the molecule is Cc1ccsc1C(=O)C1(C(=O)O)COC1. The van der Waals surface area contributed by atoms with Crippen molar-refractivity contribution in [3.63, 3.8) is 0 Å². The lowest BCUT2D eigenvalue weighted by atomic mass is 9.80. The quantitative estimate of drug-likeness (QED) is 0.624. The van der Waals surface area contributed by atoms with Crippen LogP contribution in [0.4, 0.5) is 0 Å². The van der Waals surface area contributed by atoms with Crippen molar-refractivity contribution in [2.75, 3.05) is 13.2 Å². The summed E-state index contributed by atoms with van der Waals surface area (Å²) in [5.41, 5.74) is -0.507. The number of thiophene rings is 1. The fraction of sp³-hybridized carbons (Fsp3) is 0.400. The zero-order chi connectivity index (χ0) is 11.1. The van der Waals surface area contributed by atoms with Crippen molar-refractivity contribution in [3.05, 3.63) is 21.9 Å². The van der Waals surface area contributed by atoms with Gasteiger partial charge in [-0.2, -0.15) is 0 Å². The lowest BCUT2D eigenvalue weighted by Gasteiger charge is -2.35. The molecule has 2 heterocycles. The van der Waals surface area contributed by atoms with Crippen molar-refractivity contribution in [1.29, 1.82) is 0 Å². The summed E-state index contributed by atoms with van der Waals surface area (Å²) in [6.45, 7) is 1.77. The van der Waals surface area contributed by atoms with E-state index in [1.54, 1.807) is 12.3 Å². The van der Waals surface area contributed by atoms with Gasteiger partial charge in [0.15, 0.2) is 11.2 Å². The molecule has 0 bridgehead atoms. The maximum Gasteiger partial charge on any atom is 0.322 e. The van der Waals surface area contributed by atoms with Crippen molar-refractivity contribution >= 4 is 23.1 Å². The van der Waals surface area contributed by atoms with Crippen LogP contribution < -0.4 is 0 Å². The van der Waals surface area contributed by atoms with E-state index >= 15 is 0 Å². The van der Waals surface area contributed by atoms with Crippen LogP contribution in [0.15, 0.2) is 11.4 Å². The van der Waals surface area contributed by atoms with E-state index in [1.165, 1.54) is 11.3 Å². The van der Waals surface area contributed by atoms with Crippen LogP contribution >= 0.6 is 11.3 Å². The summed E-state index contributed by atoms with van der Waals surface area (Å²) in [5.74, 6) is -1.42. The first kappa shape index (κ1) is 10.3. The van der Waals surface area contributed by atoms with Crippen LogP contribution in [-0.2, 0) is 9.53 Å². The first-order valence-corrected chi connectivity index (χ1v) is 5.36. The largest absolute Gasteiger partial charge is 0.480 e. The molecule has 4 nitrogen and oxygen atoms in total. The molecule has 1 aromatic heterocycles. The third-order valence-electron chi connectivity index (χ3n) is 2.61. The van der Waals surface area contributed by atoms with E-state index in [9.17, 15) is 9.59 Å². The van der Waals surface area contributed by atoms with Gasteiger partial charge in [0.25, 0.3) is 0 Å². The molecule has 1 N–H and O–H groups in total. The highest BCUT2D eigenvalue weighted by Gasteiger charge is 2.53. The Morgan fingerprint density at radius 3 is 2.53 bits per heavy atom. The molecule has 0 aromatic carbocycles. The van der Waals surface area contributed by atoms with E-state index in [-0.39, 0.29) is 19.0 Å². The molecule has 0 amide bonds. The topological polar surface area (TPSA) is 63.6 Å². The van der Waals surface area contributed by atoms with Crippen LogP contribution in [-0.4, -0.2) is 30.1 Å². The minimum atomic E-state index is -1.34. The van der Waals surface area contributed by atoms with Gasteiger partial charge in [-0.3, -0.25) is 9.59 Å². The number of rotatable bonds is 3. The second kappa shape index (κ2) is 3.43. The lowest BCUT2D eigenvalue weighted by molar-refractivity contribution is -0.168. The molecule has 0 radical (unpaired) electrons. The zero-order valence-electron chi connectivity index (χ0n) is 8.15. The Labute approximate surface area is 90.5 Å². The molecule has 0 spiro atoms. The molecule has 1 fully saturated rings. The van der Waals surface area contributed by atoms with E-state index < -0.39 is 11.4 Å². The molecular formula is C10H10O4S. The number of Topliss-reactive ketones (excluding diaryl/α,β-unsaturated/α-hetero) is 1. The Kier molecular flexibility index (Phi) is 2.36. The molecular weight excluding hydrogens is 216 g/mol. The molecule has 1 saturated heterocycles. The van der Waals surface area contributed by atoms with Crippen LogP contribution in [0.3, 0.4) is 0 Å². The number of carboxylic acid groups (broad SMARTS) is 1. The van der Waals surface area contributed by atoms with Gasteiger partial charge in [0.2, 0.25) is 0 Å². The highest BCUT2D eigenvalue weighted by Crippen LogP contribution is 2.34. The average Bonchev–Trinajstić information content (AvgIpc) is 2.48. The smallest absolute Gasteiger partial charge is 0.322 e. The molecule has 15 heavy (non-hydrogen) atoms. The monoisotopic (exact) mass is 226 g/mol. The Morgan fingerprint density at radius 2 is 2.20 bits per heavy atom. The second-order valence-corrected chi connectivity index (χ2v) is 4.56. The van der Waals surface area contributed by atoms with Gasteiger partial charge in [-0.25, -0.2) is 0 Å². The zero-order valence-corrected chi connectivity index (χ0v) is 8.97. The van der Waals surface area contributed by atoms with Gasteiger partial charge in [-0.1, -0.05) is 0 Å². The predicted molar refractivity (Wildman–Crippen MR) is 54.3 cm³/mol. The van der Waals surface area contributed by atoms with Crippen LogP contribution in [0.25, 0.3) is 0 Å². The summed E-state index contributed by atoms with van der Waals surface area (Å²) in [4.78, 5) is 23.6. The van der Waals surface area contributed by atoms with Gasteiger partial charge >= 0.3 is 5.97 Å². The predicted octanol–water partition coefficient (Wildman–Crippen LogP) is 1.34. The van der Waals surface area contributed by atoms with Crippen LogP contribution in [0.2, 0.25) is 0 Å². The molecule has 5 heteroatoms. The summed E-state index contributed by atoms with van der Waals surface area (Å²) in [7, 11) is 0. The third kappa shape index (κ3) is 1.39. The highest BCUT2D eigenvalue weighted by atomic mass is 32.1. The van der Waals surface area contributed by atoms with E-state index in [0.29, 0.717) is 4.88 Å². The number of ether oxygens (including phenoxy) is 1. The first-order chi connectivity index (χ1) is 7.08. The van der Waals surface area contributed by atoms with Crippen molar-refractivity contribution < 1.29 is 19.4 Å². The van der Waals surface area contributed by atoms with Crippen molar-refractivity contribution in [3.8, 4) is 0 Å². The number of aryl methyl sites for hydroxylation is 1. The van der Waals surface area contributed by atoms with Crippen LogP contribution in [0, 0.1) is 12.3 Å². The minimum absolute atomic E-state index is 0.0154. The molecule has 2 rings (SSSR count). The number of ketones is 1. The maximum absolute atomic E-state index is 12.0. The minimum Gasteiger partial charge on any atom is -0.480 e. The fourth-order valence-corrected chi connectivity index (χ4v) is 2.45. The Balaban J connectivity index is 2.35. The lowest BCUT2D eigenvalue weighted by Crippen LogP contribution is -2.54. The maximum atomic E-state index is 12.0. The molecule has 80 valence electrons. The first-order valence-electron chi connectivity index (χ1n) is 4.48.